The number of rotatable bonds is 6. The first-order valence-corrected chi connectivity index (χ1v) is 6.28. The molecule has 0 spiro atoms. The van der Waals surface area contributed by atoms with Crippen molar-refractivity contribution in [2.75, 3.05) is 6.61 Å². The smallest absolute Gasteiger partial charge is 0.386 e. The van der Waals surface area contributed by atoms with Crippen LogP contribution in [-0.4, -0.2) is 24.0 Å². The highest BCUT2D eigenvalue weighted by atomic mass is 19.4. The van der Waals surface area contributed by atoms with Crippen molar-refractivity contribution in [1.82, 2.24) is 0 Å². The van der Waals surface area contributed by atoms with E-state index in [2.05, 4.69) is 0 Å². The Morgan fingerprint density at radius 3 is 2.26 bits per heavy atom. The predicted molar refractivity (Wildman–Crippen MR) is 66.9 cm³/mol. The van der Waals surface area contributed by atoms with Crippen molar-refractivity contribution in [3.63, 3.8) is 0 Å². The maximum atomic E-state index is 12.0. The van der Waals surface area contributed by atoms with Crippen LogP contribution in [0.2, 0.25) is 0 Å². The van der Waals surface area contributed by atoms with E-state index in [9.17, 15) is 18.3 Å². The molecule has 5 heteroatoms. The second-order valence-corrected chi connectivity index (χ2v) is 4.48. The summed E-state index contributed by atoms with van der Waals surface area (Å²) in [5, 5.41) is 9.98. The Morgan fingerprint density at radius 1 is 1.21 bits per heavy atom. The van der Waals surface area contributed by atoms with Gasteiger partial charge in [0.15, 0.2) is 0 Å². The fourth-order valence-corrected chi connectivity index (χ4v) is 1.67. The number of hydrogen-bond donors (Lipinski definition) is 1. The summed E-state index contributed by atoms with van der Waals surface area (Å²) in [4.78, 5) is 0. The van der Waals surface area contributed by atoms with E-state index in [1.54, 1.807) is 19.1 Å². The zero-order chi connectivity index (χ0) is 14.5. The molecule has 0 heterocycles. The van der Waals surface area contributed by atoms with Gasteiger partial charge in [-0.15, -0.1) is 0 Å². The summed E-state index contributed by atoms with van der Waals surface area (Å²) in [5.41, 5.74) is 1.79. The molecular formula is C14H19F3O2. The van der Waals surface area contributed by atoms with Crippen LogP contribution in [0.25, 0.3) is 0 Å². The van der Waals surface area contributed by atoms with Crippen molar-refractivity contribution >= 4 is 0 Å². The van der Waals surface area contributed by atoms with Crippen molar-refractivity contribution in [3.05, 3.63) is 35.4 Å². The van der Waals surface area contributed by atoms with E-state index >= 15 is 0 Å². The molecule has 0 fully saturated rings. The molecule has 0 aliphatic heterocycles. The third-order valence-corrected chi connectivity index (χ3v) is 2.94. The number of aryl methyl sites for hydroxylation is 1. The number of alkyl halides is 3. The molecule has 2 nitrogen and oxygen atoms in total. The molecule has 0 aliphatic carbocycles. The van der Waals surface area contributed by atoms with Gasteiger partial charge in [0, 0.05) is 0 Å². The van der Waals surface area contributed by atoms with Gasteiger partial charge in [-0.2, -0.15) is 13.2 Å². The van der Waals surface area contributed by atoms with E-state index in [4.69, 9.17) is 4.74 Å². The molecule has 2 unspecified atom stereocenters. The van der Waals surface area contributed by atoms with Gasteiger partial charge in [0.05, 0.1) is 19.1 Å². The van der Waals surface area contributed by atoms with Gasteiger partial charge >= 0.3 is 6.18 Å². The van der Waals surface area contributed by atoms with Crippen LogP contribution < -0.4 is 0 Å². The molecule has 0 radical (unpaired) electrons. The lowest BCUT2D eigenvalue weighted by molar-refractivity contribution is -0.153. The second kappa shape index (κ2) is 6.91. The number of benzene rings is 1. The van der Waals surface area contributed by atoms with E-state index < -0.39 is 31.4 Å². The zero-order valence-electron chi connectivity index (χ0n) is 11.1. The average Bonchev–Trinajstić information content (AvgIpc) is 2.36. The molecule has 1 N–H and O–H groups in total. The molecule has 0 saturated heterocycles. The average molecular weight is 276 g/mol. The Morgan fingerprint density at radius 2 is 1.79 bits per heavy atom. The van der Waals surface area contributed by atoms with Crippen molar-refractivity contribution in [2.45, 2.75) is 45.1 Å². The standard InChI is InChI=1S/C14H19F3O2/c1-3-11-4-6-12(7-5-11)13(18)10(2)19-9-8-14(15,16)17/h4-7,10,13,18H,3,8-9H2,1-2H3. The topological polar surface area (TPSA) is 29.5 Å². The van der Waals surface area contributed by atoms with Gasteiger partial charge in [0.25, 0.3) is 0 Å². The first-order valence-electron chi connectivity index (χ1n) is 6.28. The highest BCUT2D eigenvalue weighted by molar-refractivity contribution is 5.24. The zero-order valence-corrected chi connectivity index (χ0v) is 11.1. The first kappa shape index (κ1) is 16.0. The van der Waals surface area contributed by atoms with Crippen LogP contribution in [0.3, 0.4) is 0 Å². The maximum Gasteiger partial charge on any atom is 0.391 e. The summed E-state index contributed by atoms with van der Waals surface area (Å²) in [6, 6.07) is 7.32. The van der Waals surface area contributed by atoms with Gasteiger partial charge in [-0.1, -0.05) is 31.2 Å². The maximum absolute atomic E-state index is 12.0. The summed E-state index contributed by atoms with van der Waals surface area (Å²) in [6.07, 6.45) is -5.92. The summed E-state index contributed by atoms with van der Waals surface area (Å²) in [7, 11) is 0. The lowest BCUT2D eigenvalue weighted by Gasteiger charge is -2.20. The van der Waals surface area contributed by atoms with E-state index in [1.807, 2.05) is 19.1 Å². The quantitative estimate of drug-likeness (QED) is 0.859. The first-order chi connectivity index (χ1) is 8.83. The van der Waals surface area contributed by atoms with Gasteiger partial charge in [-0.05, 0) is 24.5 Å². The Labute approximate surface area is 111 Å². The van der Waals surface area contributed by atoms with Crippen LogP contribution in [-0.2, 0) is 11.2 Å². The highest BCUT2D eigenvalue weighted by Gasteiger charge is 2.27. The molecular weight excluding hydrogens is 257 g/mol. The molecule has 1 rings (SSSR count). The monoisotopic (exact) mass is 276 g/mol. The van der Waals surface area contributed by atoms with Crippen LogP contribution in [0.1, 0.15) is 37.5 Å². The van der Waals surface area contributed by atoms with Gasteiger partial charge in [-0.25, -0.2) is 0 Å². The van der Waals surface area contributed by atoms with Crippen molar-refractivity contribution < 1.29 is 23.0 Å². The molecule has 0 aromatic heterocycles. The Balaban J connectivity index is 2.49. The van der Waals surface area contributed by atoms with E-state index in [1.165, 1.54) is 0 Å². The lowest BCUT2D eigenvalue weighted by atomic mass is 10.0. The lowest BCUT2D eigenvalue weighted by Crippen LogP contribution is -2.21. The van der Waals surface area contributed by atoms with Crippen molar-refractivity contribution in [2.24, 2.45) is 0 Å². The van der Waals surface area contributed by atoms with Gasteiger partial charge in [0.1, 0.15) is 6.10 Å². The minimum absolute atomic E-state index is 0.436. The highest BCUT2D eigenvalue weighted by Crippen LogP contribution is 2.23. The number of aliphatic hydroxyl groups is 1. The summed E-state index contributed by atoms with van der Waals surface area (Å²) in [6.45, 7) is 3.15. The van der Waals surface area contributed by atoms with Crippen LogP contribution in [0.5, 0.6) is 0 Å². The fourth-order valence-electron chi connectivity index (χ4n) is 1.67. The Bertz CT molecular complexity index is 373. The Kier molecular flexibility index (Phi) is 5.82. The minimum Gasteiger partial charge on any atom is -0.386 e. The van der Waals surface area contributed by atoms with E-state index in [-0.39, 0.29) is 0 Å². The van der Waals surface area contributed by atoms with E-state index in [0.717, 1.165) is 12.0 Å². The van der Waals surface area contributed by atoms with Crippen molar-refractivity contribution in [1.29, 1.82) is 0 Å². The summed E-state index contributed by atoms with van der Waals surface area (Å²) < 4.78 is 40.9. The molecule has 2 atom stereocenters. The van der Waals surface area contributed by atoms with Gasteiger partial charge < -0.3 is 9.84 Å². The summed E-state index contributed by atoms with van der Waals surface area (Å²) in [5.74, 6) is 0. The molecule has 0 saturated carbocycles. The fraction of sp³-hybridized carbons (Fsp3) is 0.571. The number of halogens is 3. The second-order valence-electron chi connectivity index (χ2n) is 4.48. The minimum atomic E-state index is -4.23. The third kappa shape index (κ3) is 5.61. The molecule has 19 heavy (non-hydrogen) atoms. The van der Waals surface area contributed by atoms with Gasteiger partial charge in [0.2, 0.25) is 0 Å². The largest absolute Gasteiger partial charge is 0.391 e. The summed E-state index contributed by atoms with van der Waals surface area (Å²) >= 11 is 0. The van der Waals surface area contributed by atoms with E-state index in [0.29, 0.717) is 5.56 Å². The van der Waals surface area contributed by atoms with Crippen LogP contribution in [0, 0.1) is 0 Å². The predicted octanol–water partition coefficient (Wildman–Crippen LogP) is 3.64. The molecule has 1 aromatic carbocycles. The molecule has 0 amide bonds. The van der Waals surface area contributed by atoms with Crippen LogP contribution >= 0.6 is 0 Å². The Hall–Kier alpha value is -1.07. The molecule has 108 valence electrons. The van der Waals surface area contributed by atoms with Gasteiger partial charge in [-0.3, -0.25) is 0 Å². The van der Waals surface area contributed by atoms with Crippen molar-refractivity contribution in [3.8, 4) is 0 Å². The third-order valence-electron chi connectivity index (χ3n) is 2.94. The van der Waals surface area contributed by atoms with Crippen LogP contribution in [0.15, 0.2) is 24.3 Å². The molecule has 0 aliphatic rings. The molecule has 0 bridgehead atoms. The number of aliphatic hydroxyl groups excluding tert-OH is 1. The number of hydrogen-bond acceptors (Lipinski definition) is 2. The van der Waals surface area contributed by atoms with Crippen LogP contribution in [0.4, 0.5) is 13.2 Å². The number of ether oxygens (including phenoxy) is 1. The molecule has 1 aromatic rings. The SMILES string of the molecule is CCc1ccc(C(O)C(C)OCCC(F)(F)F)cc1. The normalized spacial score (nSPS) is 15.3.